The van der Waals surface area contributed by atoms with Crippen LogP contribution in [0.15, 0.2) is 23.6 Å². The van der Waals surface area contributed by atoms with E-state index in [0.717, 1.165) is 6.20 Å². The Balaban J connectivity index is 2.46. The molecule has 0 aliphatic heterocycles. The predicted molar refractivity (Wildman–Crippen MR) is 53.6 cm³/mol. The monoisotopic (exact) mass is 209 g/mol. The zero-order valence-corrected chi connectivity index (χ0v) is 7.99. The van der Waals surface area contributed by atoms with Crippen molar-refractivity contribution in [3.05, 3.63) is 29.2 Å². The van der Waals surface area contributed by atoms with E-state index in [2.05, 4.69) is 27.2 Å². The van der Waals surface area contributed by atoms with Gasteiger partial charge in [-0.25, -0.2) is 0 Å². The van der Waals surface area contributed by atoms with Crippen LogP contribution in [0.3, 0.4) is 0 Å². The van der Waals surface area contributed by atoms with Crippen LogP contribution in [0.5, 0.6) is 0 Å². The van der Waals surface area contributed by atoms with Crippen LogP contribution < -0.4 is 10.9 Å². The molecular formula is C7H7N5OS. The lowest BCUT2D eigenvalue weighted by molar-refractivity contribution is 0.854. The van der Waals surface area contributed by atoms with Crippen molar-refractivity contribution in [1.29, 1.82) is 0 Å². The minimum Gasteiger partial charge on any atom is -0.357 e. The van der Waals surface area contributed by atoms with E-state index < -0.39 is 0 Å². The Morgan fingerprint density at radius 3 is 3.29 bits per heavy atom. The van der Waals surface area contributed by atoms with E-state index in [-0.39, 0.29) is 5.56 Å². The number of hydrogen-bond donors (Lipinski definition) is 1. The van der Waals surface area contributed by atoms with Gasteiger partial charge in [-0.1, -0.05) is 17.4 Å². The van der Waals surface area contributed by atoms with Gasteiger partial charge in [-0.15, -0.1) is 16.8 Å². The Labute approximate surface area is 82.9 Å². The summed E-state index contributed by atoms with van der Waals surface area (Å²) in [5.74, 6) is 0. The minimum absolute atomic E-state index is 0.280. The molecule has 0 aliphatic carbocycles. The normalized spacial score (nSPS) is 10.3. The van der Waals surface area contributed by atoms with E-state index in [0.29, 0.717) is 16.6 Å². The highest BCUT2D eigenvalue weighted by Gasteiger charge is 2.04. The molecule has 0 fully saturated rings. The van der Waals surface area contributed by atoms with Gasteiger partial charge >= 0.3 is 0 Å². The van der Waals surface area contributed by atoms with Crippen LogP contribution in [-0.4, -0.2) is 26.4 Å². The fraction of sp³-hybridized carbons (Fsp3) is 0.143. The molecule has 7 heteroatoms. The topological polar surface area (TPSA) is 72.2 Å². The fourth-order valence-electron chi connectivity index (χ4n) is 0.903. The maximum atomic E-state index is 11.2. The number of fused-ring (bicyclic) bond motifs is 1. The van der Waals surface area contributed by atoms with E-state index in [1.54, 1.807) is 6.08 Å². The van der Waals surface area contributed by atoms with Crippen molar-refractivity contribution in [1.82, 2.24) is 19.8 Å². The number of hydrogen-bond acceptors (Lipinski definition) is 6. The molecule has 0 saturated heterocycles. The van der Waals surface area contributed by atoms with Crippen LogP contribution in [0.4, 0.5) is 5.13 Å². The Morgan fingerprint density at radius 1 is 1.71 bits per heavy atom. The number of rotatable bonds is 3. The Morgan fingerprint density at radius 2 is 2.57 bits per heavy atom. The van der Waals surface area contributed by atoms with Crippen LogP contribution in [0.25, 0.3) is 4.96 Å². The first-order valence-electron chi connectivity index (χ1n) is 3.87. The first kappa shape index (κ1) is 8.82. The van der Waals surface area contributed by atoms with E-state index in [1.807, 2.05) is 0 Å². The summed E-state index contributed by atoms with van der Waals surface area (Å²) in [5.41, 5.74) is -0.280. The van der Waals surface area contributed by atoms with Gasteiger partial charge in [0.25, 0.3) is 5.56 Å². The molecule has 0 amide bonds. The van der Waals surface area contributed by atoms with E-state index in [4.69, 9.17) is 0 Å². The van der Waals surface area contributed by atoms with Gasteiger partial charge in [-0.2, -0.15) is 9.61 Å². The summed E-state index contributed by atoms with van der Waals surface area (Å²) >= 11 is 1.27. The van der Waals surface area contributed by atoms with Crippen LogP contribution in [0, 0.1) is 0 Å². The van der Waals surface area contributed by atoms with Crippen molar-refractivity contribution in [3.8, 4) is 0 Å². The van der Waals surface area contributed by atoms with E-state index in [1.165, 1.54) is 15.9 Å². The second kappa shape index (κ2) is 3.54. The summed E-state index contributed by atoms with van der Waals surface area (Å²) in [6, 6.07) is 0. The Bertz CT molecular complexity index is 516. The summed E-state index contributed by atoms with van der Waals surface area (Å²) in [5, 5.41) is 14.9. The quantitative estimate of drug-likeness (QED) is 0.728. The van der Waals surface area contributed by atoms with Crippen LogP contribution >= 0.6 is 11.3 Å². The highest BCUT2D eigenvalue weighted by atomic mass is 32.1. The van der Waals surface area contributed by atoms with Gasteiger partial charge in [0.2, 0.25) is 10.1 Å². The Kier molecular flexibility index (Phi) is 2.23. The Hall–Kier alpha value is -1.76. The van der Waals surface area contributed by atoms with Crippen molar-refractivity contribution in [2.24, 2.45) is 0 Å². The standard InChI is InChI=1S/C7H7N5OS/c1-2-3-8-6-11-12-5(13)4-9-10-7(12)14-6/h2,4H,1,3H2,(H,8,11). The van der Waals surface area contributed by atoms with Gasteiger partial charge < -0.3 is 5.32 Å². The summed E-state index contributed by atoms with van der Waals surface area (Å²) < 4.78 is 1.21. The SMILES string of the molecule is C=CCNc1nn2c(=O)cnnc2s1. The molecule has 0 unspecified atom stereocenters. The molecule has 2 rings (SSSR count). The first-order chi connectivity index (χ1) is 6.81. The van der Waals surface area contributed by atoms with Crippen molar-refractivity contribution in [3.63, 3.8) is 0 Å². The molecule has 0 aliphatic rings. The first-order valence-corrected chi connectivity index (χ1v) is 4.69. The summed E-state index contributed by atoms with van der Waals surface area (Å²) in [6.07, 6.45) is 2.84. The number of nitrogens with one attached hydrogen (secondary N) is 1. The second-order valence-corrected chi connectivity index (χ2v) is 3.41. The maximum Gasteiger partial charge on any atom is 0.293 e. The van der Waals surface area contributed by atoms with Crippen LogP contribution in [0.1, 0.15) is 0 Å². The minimum atomic E-state index is -0.280. The van der Waals surface area contributed by atoms with Crippen molar-refractivity contribution < 1.29 is 0 Å². The molecule has 2 heterocycles. The zero-order chi connectivity index (χ0) is 9.97. The van der Waals surface area contributed by atoms with Gasteiger partial charge in [0.05, 0.1) is 0 Å². The smallest absolute Gasteiger partial charge is 0.293 e. The molecule has 1 N–H and O–H groups in total. The largest absolute Gasteiger partial charge is 0.357 e. The lowest BCUT2D eigenvalue weighted by atomic mass is 10.6. The third-order valence-electron chi connectivity index (χ3n) is 1.48. The van der Waals surface area contributed by atoms with Crippen molar-refractivity contribution in [2.75, 3.05) is 11.9 Å². The summed E-state index contributed by atoms with van der Waals surface area (Å²) in [4.78, 5) is 11.7. The molecule has 2 aromatic rings. The highest BCUT2D eigenvalue weighted by molar-refractivity contribution is 7.20. The molecule has 0 aromatic carbocycles. The maximum absolute atomic E-state index is 11.2. The van der Waals surface area contributed by atoms with Gasteiger partial charge in [0.15, 0.2) is 0 Å². The average Bonchev–Trinajstić information content (AvgIpc) is 2.59. The van der Waals surface area contributed by atoms with Gasteiger partial charge in [-0.05, 0) is 0 Å². The molecular weight excluding hydrogens is 202 g/mol. The fourth-order valence-corrected chi connectivity index (χ4v) is 1.66. The lowest BCUT2D eigenvalue weighted by Crippen LogP contribution is -2.14. The average molecular weight is 209 g/mol. The van der Waals surface area contributed by atoms with E-state index in [9.17, 15) is 4.79 Å². The van der Waals surface area contributed by atoms with Crippen molar-refractivity contribution >= 4 is 21.4 Å². The van der Waals surface area contributed by atoms with Crippen molar-refractivity contribution in [2.45, 2.75) is 0 Å². The third-order valence-corrected chi connectivity index (χ3v) is 2.33. The summed E-state index contributed by atoms with van der Waals surface area (Å²) in [7, 11) is 0. The second-order valence-electron chi connectivity index (χ2n) is 2.45. The lowest BCUT2D eigenvalue weighted by Gasteiger charge is -1.92. The molecule has 0 spiro atoms. The molecule has 0 saturated carbocycles. The number of anilines is 1. The zero-order valence-electron chi connectivity index (χ0n) is 7.17. The summed E-state index contributed by atoms with van der Waals surface area (Å²) in [6.45, 7) is 4.16. The number of aromatic nitrogens is 4. The third kappa shape index (κ3) is 1.49. The van der Waals surface area contributed by atoms with Crippen LogP contribution in [0.2, 0.25) is 0 Å². The highest BCUT2D eigenvalue weighted by Crippen LogP contribution is 2.14. The number of nitrogens with zero attached hydrogens (tertiary/aromatic N) is 4. The van der Waals surface area contributed by atoms with Crippen LogP contribution in [-0.2, 0) is 0 Å². The molecule has 14 heavy (non-hydrogen) atoms. The van der Waals surface area contributed by atoms with Gasteiger partial charge in [0, 0.05) is 6.54 Å². The molecule has 0 radical (unpaired) electrons. The molecule has 2 aromatic heterocycles. The molecule has 72 valence electrons. The predicted octanol–water partition coefficient (Wildman–Crippen LogP) is 0.144. The van der Waals surface area contributed by atoms with Gasteiger partial charge in [-0.3, -0.25) is 4.79 Å². The molecule has 0 atom stereocenters. The molecule has 6 nitrogen and oxygen atoms in total. The van der Waals surface area contributed by atoms with Gasteiger partial charge in [0.1, 0.15) is 6.20 Å². The molecule has 0 bridgehead atoms. The van der Waals surface area contributed by atoms with E-state index >= 15 is 0 Å².